The summed E-state index contributed by atoms with van der Waals surface area (Å²) in [6.45, 7) is 11.0. The Bertz CT molecular complexity index is 239. The number of nitrogens with zero attached hydrogens (tertiary/aromatic N) is 1. The van der Waals surface area contributed by atoms with Gasteiger partial charge in [-0.1, -0.05) is 13.8 Å². The number of piperidine rings is 1. The fraction of sp³-hybridized carbons (Fsp3) is 1.00. The molecule has 1 N–H and O–H groups in total. The maximum Gasteiger partial charge on any atom is 0.00923 e. The van der Waals surface area contributed by atoms with Crippen LogP contribution in [0, 0.1) is 17.3 Å². The highest BCUT2D eigenvalue weighted by molar-refractivity contribution is 4.89. The van der Waals surface area contributed by atoms with Crippen molar-refractivity contribution >= 4 is 0 Å². The molecule has 1 saturated carbocycles. The van der Waals surface area contributed by atoms with E-state index in [9.17, 15) is 0 Å². The van der Waals surface area contributed by atoms with Gasteiger partial charge in [-0.3, -0.25) is 0 Å². The van der Waals surface area contributed by atoms with Crippen LogP contribution in [0.1, 0.15) is 46.5 Å². The first-order valence-corrected chi connectivity index (χ1v) is 7.41. The van der Waals surface area contributed by atoms with Gasteiger partial charge in [-0.05, 0) is 70.0 Å². The van der Waals surface area contributed by atoms with E-state index in [2.05, 4.69) is 38.0 Å². The van der Waals surface area contributed by atoms with Gasteiger partial charge < -0.3 is 10.2 Å². The van der Waals surface area contributed by atoms with Crippen molar-refractivity contribution in [3.63, 3.8) is 0 Å². The smallest absolute Gasteiger partial charge is 0.00923 e. The Morgan fingerprint density at radius 1 is 1.29 bits per heavy atom. The fourth-order valence-electron chi connectivity index (χ4n) is 3.37. The molecule has 17 heavy (non-hydrogen) atoms. The molecule has 2 aliphatic rings. The number of rotatable bonds is 5. The molecule has 1 aliphatic heterocycles. The average Bonchev–Trinajstić information content (AvgIpc) is 3.12. The lowest BCUT2D eigenvalue weighted by Gasteiger charge is -2.41. The van der Waals surface area contributed by atoms with Gasteiger partial charge in [0.25, 0.3) is 0 Å². The van der Waals surface area contributed by atoms with E-state index < -0.39 is 0 Å². The van der Waals surface area contributed by atoms with E-state index in [0.29, 0.717) is 5.41 Å². The second-order valence-electron chi connectivity index (χ2n) is 7.03. The van der Waals surface area contributed by atoms with Gasteiger partial charge in [-0.2, -0.15) is 0 Å². The predicted molar refractivity (Wildman–Crippen MR) is 74.2 cm³/mol. The molecule has 2 unspecified atom stereocenters. The average molecular weight is 238 g/mol. The molecule has 0 aromatic heterocycles. The molecule has 0 amide bonds. The van der Waals surface area contributed by atoms with Crippen molar-refractivity contribution in [3.05, 3.63) is 0 Å². The summed E-state index contributed by atoms with van der Waals surface area (Å²) < 4.78 is 0. The van der Waals surface area contributed by atoms with Gasteiger partial charge in [0.05, 0.1) is 0 Å². The van der Waals surface area contributed by atoms with Crippen molar-refractivity contribution in [3.8, 4) is 0 Å². The monoisotopic (exact) mass is 238 g/mol. The van der Waals surface area contributed by atoms with Gasteiger partial charge in [0.2, 0.25) is 0 Å². The summed E-state index contributed by atoms with van der Waals surface area (Å²) in [7, 11) is 2.32. The standard InChI is InChI=1S/C15H30N2/c1-12(13-7-8-13)17(4)11-15(2,3)14-6-5-9-16-10-14/h12-14,16H,5-11H2,1-4H3. The normalized spacial score (nSPS) is 28.4. The molecular weight excluding hydrogens is 208 g/mol. The summed E-state index contributed by atoms with van der Waals surface area (Å²) >= 11 is 0. The minimum absolute atomic E-state index is 0.450. The minimum Gasteiger partial charge on any atom is -0.316 e. The van der Waals surface area contributed by atoms with Crippen molar-refractivity contribution in [1.29, 1.82) is 0 Å². The summed E-state index contributed by atoms with van der Waals surface area (Å²) in [6.07, 6.45) is 5.68. The lowest BCUT2D eigenvalue weighted by atomic mass is 9.74. The van der Waals surface area contributed by atoms with Crippen LogP contribution in [0.4, 0.5) is 0 Å². The van der Waals surface area contributed by atoms with Gasteiger partial charge in [-0.25, -0.2) is 0 Å². The third-order valence-corrected chi connectivity index (χ3v) is 5.06. The third kappa shape index (κ3) is 3.45. The summed E-state index contributed by atoms with van der Waals surface area (Å²) in [4.78, 5) is 2.60. The van der Waals surface area contributed by atoms with E-state index in [1.807, 2.05) is 0 Å². The molecule has 0 radical (unpaired) electrons. The maximum atomic E-state index is 3.56. The molecule has 2 fully saturated rings. The van der Waals surface area contributed by atoms with Crippen LogP contribution < -0.4 is 5.32 Å². The van der Waals surface area contributed by atoms with Crippen LogP contribution in [0.2, 0.25) is 0 Å². The molecule has 0 spiro atoms. The van der Waals surface area contributed by atoms with E-state index in [0.717, 1.165) is 17.9 Å². The van der Waals surface area contributed by atoms with Crippen molar-refractivity contribution < 1.29 is 0 Å². The zero-order valence-corrected chi connectivity index (χ0v) is 12.1. The topological polar surface area (TPSA) is 15.3 Å². The Kier molecular flexibility index (Phi) is 4.14. The molecule has 1 heterocycles. The van der Waals surface area contributed by atoms with Crippen molar-refractivity contribution in [2.45, 2.75) is 52.5 Å². The van der Waals surface area contributed by atoms with Crippen LogP contribution in [-0.2, 0) is 0 Å². The summed E-state index contributed by atoms with van der Waals surface area (Å²) in [5, 5.41) is 3.56. The minimum atomic E-state index is 0.450. The quantitative estimate of drug-likeness (QED) is 0.792. The highest BCUT2D eigenvalue weighted by atomic mass is 15.1. The molecular formula is C15H30N2. The lowest BCUT2D eigenvalue weighted by molar-refractivity contribution is 0.0899. The predicted octanol–water partition coefficient (Wildman–Crippen LogP) is 2.74. The molecule has 2 nitrogen and oxygen atoms in total. The summed E-state index contributed by atoms with van der Waals surface area (Å²) in [5.74, 6) is 1.84. The highest BCUT2D eigenvalue weighted by Gasteiger charge is 2.36. The molecule has 100 valence electrons. The van der Waals surface area contributed by atoms with Crippen LogP contribution in [0.5, 0.6) is 0 Å². The van der Waals surface area contributed by atoms with Gasteiger partial charge in [0, 0.05) is 12.6 Å². The molecule has 2 atom stereocenters. The van der Waals surface area contributed by atoms with Crippen molar-refractivity contribution in [2.75, 3.05) is 26.7 Å². The van der Waals surface area contributed by atoms with E-state index in [1.54, 1.807) is 0 Å². The molecule has 1 saturated heterocycles. The summed E-state index contributed by atoms with van der Waals surface area (Å²) in [5.41, 5.74) is 0.450. The second-order valence-corrected chi connectivity index (χ2v) is 7.03. The van der Waals surface area contributed by atoms with Gasteiger partial charge >= 0.3 is 0 Å². The van der Waals surface area contributed by atoms with Crippen LogP contribution in [0.15, 0.2) is 0 Å². The Morgan fingerprint density at radius 2 is 2.00 bits per heavy atom. The maximum absolute atomic E-state index is 3.56. The highest BCUT2D eigenvalue weighted by Crippen LogP contribution is 2.37. The molecule has 2 rings (SSSR count). The molecule has 2 heteroatoms. The number of hydrogen-bond donors (Lipinski definition) is 1. The first-order valence-electron chi connectivity index (χ1n) is 7.41. The van der Waals surface area contributed by atoms with Crippen LogP contribution in [0.25, 0.3) is 0 Å². The third-order valence-electron chi connectivity index (χ3n) is 5.06. The zero-order valence-electron chi connectivity index (χ0n) is 12.1. The Labute approximate surface area is 107 Å². The summed E-state index contributed by atoms with van der Waals surface area (Å²) in [6, 6.07) is 0.783. The molecule has 0 aromatic carbocycles. The van der Waals surface area contributed by atoms with E-state index >= 15 is 0 Å². The number of nitrogens with one attached hydrogen (secondary N) is 1. The SMILES string of the molecule is CC(C1CC1)N(C)CC(C)(C)C1CCCNC1. The Balaban J connectivity index is 1.85. The van der Waals surface area contributed by atoms with E-state index in [-0.39, 0.29) is 0 Å². The van der Waals surface area contributed by atoms with Crippen LogP contribution in [-0.4, -0.2) is 37.6 Å². The zero-order chi connectivity index (χ0) is 12.5. The van der Waals surface area contributed by atoms with E-state index in [1.165, 1.54) is 45.3 Å². The van der Waals surface area contributed by atoms with Crippen LogP contribution >= 0.6 is 0 Å². The Hall–Kier alpha value is -0.0800. The van der Waals surface area contributed by atoms with E-state index in [4.69, 9.17) is 0 Å². The first-order chi connectivity index (χ1) is 8.00. The molecule has 1 aliphatic carbocycles. The fourth-order valence-corrected chi connectivity index (χ4v) is 3.37. The number of hydrogen-bond acceptors (Lipinski definition) is 2. The van der Waals surface area contributed by atoms with Crippen molar-refractivity contribution in [2.24, 2.45) is 17.3 Å². The lowest BCUT2D eigenvalue weighted by Crippen LogP contribution is -2.46. The van der Waals surface area contributed by atoms with Crippen LogP contribution in [0.3, 0.4) is 0 Å². The first kappa shape index (κ1) is 13.4. The van der Waals surface area contributed by atoms with Gasteiger partial charge in [-0.15, -0.1) is 0 Å². The van der Waals surface area contributed by atoms with Gasteiger partial charge in [0.1, 0.15) is 0 Å². The largest absolute Gasteiger partial charge is 0.316 e. The van der Waals surface area contributed by atoms with Gasteiger partial charge in [0.15, 0.2) is 0 Å². The van der Waals surface area contributed by atoms with Crippen molar-refractivity contribution in [1.82, 2.24) is 10.2 Å². The molecule has 0 bridgehead atoms. The Morgan fingerprint density at radius 3 is 2.53 bits per heavy atom. The second kappa shape index (κ2) is 5.27. The molecule has 0 aromatic rings.